The topological polar surface area (TPSA) is 111 Å². The van der Waals surface area contributed by atoms with E-state index in [2.05, 4.69) is 20.4 Å². The van der Waals surface area contributed by atoms with Crippen molar-refractivity contribution in [2.24, 2.45) is 0 Å². The lowest BCUT2D eigenvalue weighted by Crippen LogP contribution is -2.49. The first-order valence-electron chi connectivity index (χ1n) is 14.5. The molecular weight excluding hydrogens is 677 g/mol. The van der Waals surface area contributed by atoms with E-state index in [1.54, 1.807) is 35.6 Å². The second-order valence-electron chi connectivity index (χ2n) is 10.8. The lowest BCUT2D eigenvalue weighted by atomic mass is 9.88. The number of morpholine rings is 1. The quantitative estimate of drug-likeness (QED) is 0.184. The monoisotopic (exact) mass is 706 g/mol. The lowest BCUT2D eigenvalue weighted by Gasteiger charge is -2.30. The van der Waals surface area contributed by atoms with Gasteiger partial charge in [-0.15, -0.1) is 13.2 Å². The van der Waals surface area contributed by atoms with Gasteiger partial charge in [0.05, 0.1) is 36.8 Å². The zero-order valence-electron chi connectivity index (χ0n) is 25.0. The number of benzene rings is 2. The normalized spacial score (nSPS) is 17.3. The minimum Gasteiger partial charge on any atom is -0.448 e. The average Bonchev–Trinajstić information content (AvgIpc) is 3.01. The molecule has 1 aliphatic rings. The summed E-state index contributed by atoms with van der Waals surface area (Å²) in [5.41, 5.74) is 1.20. The molecule has 0 aliphatic carbocycles. The number of carbonyl (C=O) groups is 2. The van der Waals surface area contributed by atoms with Crippen molar-refractivity contribution in [3.05, 3.63) is 88.5 Å². The van der Waals surface area contributed by atoms with Crippen molar-refractivity contribution in [3.8, 4) is 5.75 Å². The lowest BCUT2D eigenvalue weighted by molar-refractivity contribution is -0.274. The van der Waals surface area contributed by atoms with Gasteiger partial charge in [-0.3, -0.25) is 9.78 Å². The third-order valence-electron chi connectivity index (χ3n) is 7.17. The van der Waals surface area contributed by atoms with Crippen LogP contribution in [0.15, 0.2) is 60.9 Å². The smallest absolute Gasteiger partial charge is 0.448 e. The second kappa shape index (κ2) is 16.3. The Balaban J connectivity index is 1.36. The molecule has 0 unspecified atom stereocenters. The number of nitrogens with zero attached hydrogens (tertiary/aromatic N) is 1. The van der Waals surface area contributed by atoms with Gasteiger partial charge in [-0.05, 0) is 48.2 Å². The summed E-state index contributed by atoms with van der Waals surface area (Å²) in [4.78, 5) is 28.6. The summed E-state index contributed by atoms with van der Waals surface area (Å²) in [7, 11) is 0. The van der Waals surface area contributed by atoms with Crippen molar-refractivity contribution in [2.45, 2.75) is 49.9 Å². The fraction of sp³-hybridized carbons (Fsp3) is 0.387. The van der Waals surface area contributed by atoms with E-state index in [4.69, 9.17) is 21.1 Å². The van der Waals surface area contributed by atoms with E-state index in [-0.39, 0.29) is 43.9 Å². The molecular formula is C31H30ClF7N4O5. The van der Waals surface area contributed by atoms with Crippen molar-refractivity contribution in [1.82, 2.24) is 15.6 Å². The van der Waals surface area contributed by atoms with Crippen molar-refractivity contribution in [2.75, 3.05) is 31.6 Å². The summed E-state index contributed by atoms with van der Waals surface area (Å²) in [6.07, 6.45) is -8.65. The molecule has 48 heavy (non-hydrogen) atoms. The van der Waals surface area contributed by atoms with E-state index in [0.29, 0.717) is 22.6 Å². The van der Waals surface area contributed by atoms with E-state index in [0.717, 1.165) is 12.3 Å². The maximum Gasteiger partial charge on any atom is 0.573 e. The number of halogens is 8. The summed E-state index contributed by atoms with van der Waals surface area (Å²) < 4.78 is 105. The highest BCUT2D eigenvalue weighted by Gasteiger charge is 2.32. The molecule has 0 spiro atoms. The zero-order valence-corrected chi connectivity index (χ0v) is 25.7. The minimum atomic E-state index is -4.91. The number of alkyl carbamates (subject to hydrolysis) is 1. The van der Waals surface area contributed by atoms with Crippen molar-refractivity contribution in [3.63, 3.8) is 0 Å². The fourth-order valence-electron chi connectivity index (χ4n) is 4.93. The highest BCUT2D eigenvalue weighted by Crippen LogP contribution is 2.33. The molecule has 2 aromatic carbocycles. The molecule has 17 heteroatoms. The molecule has 0 bridgehead atoms. The van der Waals surface area contributed by atoms with Crippen LogP contribution in [0.4, 0.5) is 41.2 Å². The van der Waals surface area contributed by atoms with Gasteiger partial charge in [-0.1, -0.05) is 35.9 Å². The van der Waals surface area contributed by atoms with Gasteiger partial charge in [0.25, 0.3) is 0 Å². The van der Waals surface area contributed by atoms with Gasteiger partial charge in [-0.2, -0.15) is 13.2 Å². The predicted octanol–water partition coefficient (Wildman–Crippen LogP) is 6.51. The summed E-state index contributed by atoms with van der Waals surface area (Å²) in [6, 6.07) is 11.2. The van der Waals surface area contributed by atoms with Gasteiger partial charge >= 0.3 is 18.6 Å². The van der Waals surface area contributed by atoms with E-state index >= 15 is 0 Å². The molecule has 0 saturated carbocycles. The van der Waals surface area contributed by atoms with Crippen LogP contribution in [0, 0.1) is 5.82 Å². The zero-order chi connectivity index (χ0) is 34.9. The van der Waals surface area contributed by atoms with E-state index < -0.39 is 60.7 Å². The van der Waals surface area contributed by atoms with E-state index in [1.807, 2.05) is 0 Å². The van der Waals surface area contributed by atoms with Crippen LogP contribution in [0.3, 0.4) is 0 Å². The molecule has 4 rings (SSSR count). The predicted molar refractivity (Wildman–Crippen MR) is 159 cm³/mol. The van der Waals surface area contributed by atoms with Crippen molar-refractivity contribution in [1.29, 1.82) is 0 Å². The van der Waals surface area contributed by atoms with Gasteiger partial charge in [0.15, 0.2) is 0 Å². The van der Waals surface area contributed by atoms with Crippen LogP contribution in [0.2, 0.25) is 5.02 Å². The number of amides is 2. The Morgan fingerprint density at radius 3 is 2.48 bits per heavy atom. The van der Waals surface area contributed by atoms with Crippen LogP contribution < -0.4 is 20.7 Å². The van der Waals surface area contributed by atoms with Gasteiger partial charge in [0.2, 0.25) is 5.91 Å². The number of ether oxygens (including phenoxy) is 3. The van der Waals surface area contributed by atoms with Gasteiger partial charge in [0.1, 0.15) is 24.7 Å². The number of hydrogen-bond donors (Lipinski definition) is 3. The van der Waals surface area contributed by atoms with Crippen molar-refractivity contribution < 1.29 is 54.5 Å². The number of anilines is 1. The third kappa shape index (κ3) is 11.8. The Morgan fingerprint density at radius 1 is 1.06 bits per heavy atom. The first kappa shape index (κ1) is 36.7. The number of rotatable bonds is 12. The van der Waals surface area contributed by atoms with Crippen LogP contribution >= 0.6 is 11.6 Å². The number of carbonyl (C=O) groups excluding carboxylic acids is 2. The van der Waals surface area contributed by atoms with E-state index in [9.17, 15) is 40.3 Å². The molecule has 3 N–H and O–H groups in total. The molecule has 1 saturated heterocycles. The van der Waals surface area contributed by atoms with Crippen LogP contribution in [0.5, 0.6) is 5.75 Å². The fourth-order valence-corrected chi connectivity index (χ4v) is 5.05. The summed E-state index contributed by atoms with van der Waals surface area (Å²) in [5, 5.41) is 7.74. The molecule has 3 atom stereocenters. The molecule has 2 heterocycles. The number of nitrogens with one attached hydrogen (secondary N) is 3. The minimum absolute atomic E-state index is 0.0704. The Kier molecular flexibility index (Phi) is 12.5. The van der Waals surface area contributed by atoms with E-state index in [1.165, 1.54) is 18.3 Å². The number of aromatic nitrogens is 1. The van der Waals surface area contributed by atoms with Crippen LogP contribution in [-0.4, -0.2) is 68.0 Å². The van der Waals surface area contributed by atoms with Gasteiger partial charge in [0, 0.05) is 29.5 Å². The van der Waals surface area contributed by atoms with Crippen molar-refractivity contribution >= 4 is 29.3 Å². The highest BCUT2D eigenvalue weighted by molar-refractivity contribution is 6.30. The Morgan fingerprint density at radius 2 is 1.81 bits per heavy atom. The van der Waals surface area contributed by atoms with Crippen LogP contribution in [-0.2, 0) is 20.7 Å². The second-order valence-corrected chi connectivity index (χ2v) is 11.2. The Labute approximate surface area is 275 Å². The largest absolute Gasteiger partial charge is 0.573 e. The Bertz CT molecular complexity index is 1530. The maximum absolute atomic E-state index is 14.9. The van der Waals surface area contributed by atoms with Crippen LogP contribution in [0.25, 0.3) is 0 Å². The van der Waals surface area contributed by atoms with Crippen LogP contribution in [0.1, 0.15) is 35.4 Å². The molecule has 2 amide bonds. The average molecular weight is 707 g/mol. The molecule has 1 aromatic heterocycles. The molecule has 3 aromatic rings. The number of pyridine rings is 1. The summed E-state index contributed by atoms with van der Waals surface area (Å²) >= 11 is 6.02. The standard InChI is InChI=1S/C31H30ClF7N4O5/c32-20-6-4-18(5-7-20)25(19-2-1-3-22(10-19)48-31(37,38)39)11-28(44)43-27-14-40-13-26(33)24(27)9-8-23-12-41-21(15-46-23)16-47-29(45)42-17-30(34,35)36/h1-7,10,13-14,21,23,25,41H,8-9,11-12,15-17H2,(H,42,45)(H,43,44)/t21-,23+,25-/m0/s1. The Hall–Kier alpha value is -4.15. The third-order valence-corrected chi connectivity index (χ3v) is 7.42. The molecule has 9 nitrogen and oxygen atoms in total. The summed E-state index contributed by atoms with van der Waals surface area (Å²) in [5.74, 6) is -2.43. The first-order chi connectivity index (χ1) is 22.6. The molecule has 1 fully saturated rings. The number of alkyl halides is 6. The number of hydrogen-bond acceptors (Lipinski definition) is 7. The molecule has 0 radical (unpaired) electrons. The summed E-state index contributed by atoms with van der Waals surface area (Å²) in [6.45, 7) is -1.41. The molecule has 260 valence electrons. The molecule has 1 aliphatic heterocycles. The SMILES string of the molecule is O=C(C[C@@H](c1ccc(Cl)cc1)c1cccc(OC(F)(F)F)c1)Nc1cncc(F)c1CC[C@@H]1CN[C@H](COC(=O)NCC(F)(F)F)CO1. The maximum atomic E-state index is 14.9. The van der Waals surface area contributed by atoms with Gasteiger partial charge < -0.3 is 30.2 Å². The first-order valence-corrected chi connectivity index (χ1v) is 14.9. The van der Waals surface area contributed by atoms with Gasteiger partial charge in [-0.25, -0.2) is 9.18 Å². The highest BCUT2D eigenvalue weighted by atomic mass is 35.5.